The average Bonchev–Trinajstić information content (AvgIpc) is 3.03. The molecule has 25 heavy (non-hydrogen) atoms. The van der Waals surface area contributed by atoms with Crippen LogP contribution in [-0.4, -0.2) is 47.6 Å². The van der Waals surface area contributed by atoms with Crippen molar-refractivity contribution in [2.75, 3.05) is 36.5 Å². The molecular weight excluding hydrogens is 338 g/mol. The molecule has 7 nitrogen and oxygen atoms in total. The number of piperazine rings is 1. The maximum absolute atomic E-state index is 12.7. The lowest BCUT2D eigenvalue weighted by Crippen LogP contribution is -2.51. The molecule has 3 aromatic rings. The third-order valence-corrected chi connectivity index (χ3v) is 5.35. The van der Waals surface area contributed by atoms with Gasteiger partial charge in [-0.15, -0.1) is 11.3 Å². The summed E-state index contributed by atoms with van der Waals surface area (Å²) in [4.78, 5) is 29.4. The van der Waals surface area contributed by atoms with Crippen molar-refractivity contribution >= 4 is 39.0 Å². The molecule has 3 aromatic heterocycles. The molecule has 1 amide bonds. The number of carbonyl (C=O) groups excluding carboxylic acids is 1. The Hall–Kier alpha value is -2.74. The number of hydrogen-bond donors (Lipinski definition) is 0. The highest BCUT2D eigenvalue weighted by Gasteiger charge is 2.27. The van der Waals surface area contributed by atoms with E-state index in [0.29, 0.717) is 19.0 Å². The minimum absolute atomic E-state index is 0.0274. The highest BCUT2D eigenvalue weighted by Crippen LogP contribution is 2.32. The van der Waals surface area contributed by atoms with Gasteiger partial charge in [-0.25, -0.2) is 15.0 Å². The molecule has 0 aliphatic carbocycles. The second-order valence-corrected chi connectivity index (χ2v) is 6.70. The lowest BCUT2D eigenvalue weighted by atomic mass is 10.2. The molecular formula is C17H17N5O2S. The number of hydrogen-bond acceptors (Lipinski definition) is 7. The Morgan fingerprint density at radius 1 is 1.24 bits per heavy atom. The van der Waals surface area contributed by atoms with Gasteiger partial charge in [-0.3, -0.25) is 4.79 Å². The van der Waals surface area contributed by atoms with Gasteiger partial charge in [-0.1, -0.05) is 0 Å². The lowest BCUT2D eigenvalue weighted by molar-refractivity contribution is -0.117. The van der Waals surface area contributed by atoms with Crippen LogP contribution < -0.4 is 14.5 Å². The van der Waals surface area contributed by atoms with Gasteiger partial charge in [0.05, 0.1) is 29.6 Å². The van der Waals surface area contributed by atoms with Crippen molar-refractivity contribution in [2.45, 2.75) is 6.92 Å². The fraction of sp³-hybridized carbons (Fsp3) is 0.294. The van der Waals surface area contributed by atoms with Crippen molar-refractivity contribution in [3.63, 3.8) is 0 Å². The zero-order chi connectivity index (χ0) is 17.4. The number of methoxy groups -OCH3 is 1. The normalized spacial score (nSPS) is 15.0. The second-order valence-electron chi connectivity index (χ2n) is 5.82. The summed E-state index contributed by atoms with van der Waals surface area (Å²) in [6.07, 6.45) is 3.22. The van der Waals surface area contributed by atoms with E-state index in [2.05, 4.69) is 20.3 Å². The van der Waals surface area contributed by atoms with E-state index in [-0.39, 0.29) is 12.5 Å². The SMILES string of the molecule is COc1cc(N2CCN(c3ncnc4c(C)csc34)CC2=O)ccn1. The van der Waals surface area contributed by atoms with Crippen LogP contribution in [0.15, 0.2) is 30.0 Å². The number of pyridine rings is 1. The zero-order valence-corrected chi connectivity index (χ0v) is 14.8. The van der Waals surface area contributed by atoms with Crippen molar-refractivity contribution in [1.82, 2.24) is 15.0 Å². The van der Waals surface area contributed by atoms with E-state index >= 15 is 0 Å². The Bertz CT molecular complexity index is 942. The number of nitrogens with zero attached hydrogens (tertiary/aromatic N) is 5. The molecule has 1 aliphatic heterocycles. The summed E-state index contributed by atoms with van der Waals surface area (Å²) in [6, 6.07) is 3.60. The van der Waals surface area contributed by atoms with Crippen LogP contribution in [0.25, 0.3) is 10.2 Å². The minimum Gasteiger partial charge on any atom is -0.481 e. The van der Waals surface area contributed by atoms with Gasteiger partial charge in [-0.05, 0) is 23.9 Å². The first kappa shape index (κ1) is 15.8. The summed E-state index contributed by atoms with van der Waals surface area (Å²) in [6.45, 7) is 3.62. The second kappa shape index (κ2) is 6.29. The smallest absolute Gasteiger partial charge is 0.246 e. The summed E-state index contributed by atoms with van der Waals surface area (Å²) in [7, 11) is 1.56. The number of ether oxygens (including phenoxy) is 1. The van der Waals surface area contributed by atoms with E-state index in [9.17, 15) is 4.79 Å². The van der Waals surface area contributed by atoms with Gasteiger partial charge in [0, 0.05) is 25.4 Å². The molecule has 1 aliphatic rings. The Kier molecular flexibility index (Phi) is 3.96. The van der Waals surface area contributed by atoms with E-state index in [1.807, 2.05) is 17.9 Å². The van der Waals surface area contributed by atoms with Gasteiger partial charge >= 0.3 is 0 Å². The molecule has 0 aromatic carbocycles. The fourth-order valence-corrected chi connectivity index (χ4v) is 4.01. The molecule has 4 heterocycles. The van der Waals surface area contributed by atoms with Crippen LogP contribution in [0.4, 0.5) is 11.5 Å². The number of aryl methyl sites for hydroxylation is 1. The molecule has 8 heteroatoms. The van der Waals surface area contributed by atoms with Gasteiger partial charge in [0.15, 0.2) is 5.82 Å². The quantitative estimate of drug-likeness (QED) is 0.718. The summed E-state index contributed by atoms with van der Waals surface area (Å²) in [5.41, 5.74) is 2.90. The summed E-state index contributed by atoms with van der Waals surface area (Å²) in [5.74, 6) is 1.36. The fourth-order valence-electron chi connectivity index (χ4n) is 2.99. The first-order valence-electron chi connectivity index (χ1n) is 7.91. The molecule has 0 unspecified atom stereocenters. The monoisotopic (exact) mass is 355 g/mol. The standard InChI is InChI=1S/C17H17N5O2S/c1-11-9-25-16-15(11)19-10-20-17(16)21-5-6-22(14(23)8-21)12-3-4-18-13(7-12)24-2/h3-4,7,9-10H,5-6,8H2,1-2H3. The van der Waals surface area contributed by atoms with Crippen LogP contribution >= 0.6 is 11.3 Å². The number of amides is 1. The van der Waals surface area contributed by atoms with E-state index in [4.69, 9.17) is 4.74 Å². The minimum atomic E-state index is 0.0274. The van der Waals surface area contributed by atoms with Crippen LogP contribution in [-0.2, 0) is 4.79 Å². The van der Waals surface area contributed by atoms with Gasteiger partial charge < -0.3 is 14.5 Å². The van der Waals surface area contributed by atoms with E-state index in [0.717, 1.165) is 27.3 Å². The molecule has 0 atom stereocenters. The first-order chi connectivity index (χ1) is 12.2. The first-order valence-corrected chi connectivity index (χ1v) is 8.79. The topological polar surface area (TPSA) is 71.5 Å². The Balaban J connectivity index is 1.59. The predicted molar refractivity (Wildman–Crippen MR) is 97.5 cm³/mol. The highest BCUT2D eigenvalue weighted by atomic mass is 32.1. The summed E-state index contributed by atoms with van der Waals surface area (Å²) >= 11 is 1.62. The predicted octanol–water partition coefficient (Wildman–Crippen LogP) is 2.26. The Labute approximate surface area is 148 Å². The number of thiophene rings is 1. The zero-order valence-electron chi connectivity index (χ0n) is 14.0. The van der Waals surface area contributed by atoms with Gasteiger partial charge in [-0.2, -0.15) is 0 Å². The molecule has 4 rings (SSSR count). The van der Waals surface area contributed by atoms with Crippen molar-refractivity contribution in [3.05, 3.63) is 35.6 Å². The molecule has 0 radical (unpaired) electrons. The maximum atomic E-state index is 12.7. The van der Waals surface area contributed by atoms with Crippen molar-refractivity contribution in [1.29, 1.82) is 0 Å². The van der Waals surface area contributed by atoms with Gasteiger partial charge in [0.1, 0.15) is 6.33 Å². The average molecular weight is 355 g/mol. The van der Waals surface area contributed by atoms with Crippen LogP contribution in [0.5, 0.6) is 5.88 Å². The number of rotatable bonds is 3. The number of fused-ring (bicyclic) bond motifs is 1. The molecule has 0 N–H and O–H groups in total. The summed E-state index contributed by atoms with van der Waals surface area (Å²) in [5, 5.41) is 2.07. The van der Waals surface area contributed by atoms with Gasteiger partial charge in [0.25, 0.3) is 0 Å². The molecule has 0 spiro atoms. The largest absolute Gasteiger partial charge is 0.481 e. The number of carbonyl (C=O) groups is 1. The van der Waals surface area contributed by atoms with Crippen LogP contribution in [0.1, 0.15) is 5.56 Å². The van der Waals surface area contributed by atoms with Crippen molar-refractivity contribution in [2.24, 2.45) is 0 Å². The summed E-state index contributed by atoms with van der Waals surface area (Å²) < 4.78 is 6.18. The van der Waals surface area contributed by atoms with Crippen molar-refractivity contribution < 1.29 is 9.53 Å². The molecule has 1 fully saturated rings. The van der Waals surface area contributed by atoms with Crippen LogP contribution in [0.2, 0.25) is 0 Å². The third kappa shape index (κ3) is 2.78. The van der Waals surface area contributed by atoms with Crippen LogP contribution in [0.3, 0.4) is 0 Å². The molecule has 0 bridgehead atoms. The van der Waals surface area contributed by atoms with Crippen molar-refractivity contribution in [3.8, 4) is 5.88 Å². The number of anilines is 2. The highest BCUT2D eigenvalue weighted by molar-refractivity contribution is 7.18. The van der Waals surface area contributed by atoms with Gasteiger partial charge in [0.2, 0.25) is 11.8 Å². The Morgan fingerprint density at radius 3 is 2.92 bits per heavy atom. The van der Waals surface area contributed by atoms with Crippen LogP contribution in [0, 0.1) is 6.92 Å². The molecule has 1 saturated heterocycles. The maximum Gasteiger partial charge on any atom is 0.246 e. The third-order valence-electron chi connectivity index (χ3n) is 4.27. The number of aromatic nitrogens is 3. The van der Waals surface area contributed by atoms with E-state index in [1.54, 1.807) is 41.9 Å². The molecule has 128 valence electrons. The van der Waals surface area contributed by atoms with E-state index < -0.39 is 0 Å². The Morgan fingerprint density at radius 2 is 2.12 bits per heavy atom. The van der Waals surface area contributed by atoms with E-state index in [1.165, 1.54) is 0 Å². The molecule has 0 saturated carbocycles. The lowest BCUT2D eigenvalue weighted by Gasteiger charge is -2.35.